The molecule has 1 N–H and O–H groups in total. The summed E-state index contributed by atoms with van der Waals surface area (Å²) in [5.74, 6) is 0.0122. The molecule has 1 atom stereocenters. The van der Waals surface area contributed by atoms with Crippen molar-refractivity contribution in [1.82, 2.24) is 5.32 Å². The van der Waals surface area contributed by atoms with E-state index in [1.54, 1.807) is 12.1 Å². The van der Waals surface area contributed by atoms with Gasteiger partial charge in [-0.1, -0.05) is 36.4 Å². The van der Waals surface area contributed by atoms with Crippen LogP contribution in [0.25, 0.3) is 0 Å². The summed E-state index contributed by atoms with van der Waals surface area (Å²) in [4.78, 5) is 0. The fourth-order valence-corrected chi connectivity index (χ4v) is 2.33. The van der Waals surface area contributed by atoms with Gasteiger partial charge in [0.05, 0.1) is 6.10 Å². The van der Waals surface area contributed by atoms with E-state index < -0.39 is 0 Å². The van der Waals surface area contributed by atoms with Crippen molar-refractivity contribution in [2.75, 3.05) is 6.54 Å². The van der Waals surface area contributed by atoms with Crippen molar-refractivity contribution in [1.29, 1.82) is 0 Å². The van der Waals surface area contributed by atoms with Crippen LogP contribution in [0, 0.1) is 5.82 Å². The zero-order valence-corrected chi connectivity index (χ0v) is 13.5. The SMILES string of the molecule is CC(C)Oc1ccc([C@@H](C)NCCc2ccccc2)cc1F. The smallest absolute Gasteiger partial charge is 0.165 e. The van der Waals surface area contributed by atoms with Gasteiger partial charge in [0.1, 0.15) is 0 Å². The van der Waals surface area contributed by atoms with Gasteiger partial charge in [-0.15, -0.1) is 0 Å². The molecule has 3 heteroatoms. The largest absolute Gasteiger partial charge is 0.488 e. The predicted molar refractivity (Wildman–Crippen MR) is 88.7 cm³/mol. The molecule has 0 heterocycles. The van der Waals surface area contributed by atoms with Gasteiger partial charge in [-0.2, -0.15) is 0 Å². The van der Waals surface area contributed by atoms with Gasteiger partial charge in [-0.05, 0) is 57.0 Å². The topological polar surface area (TPSA) is 21.3 Å². The van der Waals surface area contributed by atoms with Crippen LogP contribution in [-0.4, -0.2) is 12.6 Å². The van der Waals surface area contributed by atoms with E-state index in [2.05, 4.69) is 17.4 Å². The lowest BCUT2D eigenvalue weighted by Crippen LogP contribution is -2.21. The Morgan fingerprint density at radius 2 is 1.77 bits per heavy atom. The minimum absolute atomic E-state index is 0.0261. The number of hydrogen-bond acceptors (Lipinski definition) is 2. The summed E-state index contributed by atoms with van der Waals surface area (Å²) in [6.45, 7) is 6.68. The molecule has 0 aliphatic rings. The molecule has 0 spiro atoms. The van der Waals surface area contributed by atoms with E-state index in [0.29, 0.717) is 5.75 Å². The minimum Gasteiger partial charge on any atom is -0.488 e. The van der Waals surface area contributed by atoms with Gasteiger partial charge in [0.2, 0.25) is 0 Å². The van der Waals surface area contributed by atoms with E-state index in [1.807, 2.05) is 45.0 Å². The third-order valence-electron chi connectivity index (χ3n) is 3.53. The number of rotatable bonds is 7. The molecule has 0 aliphatic heterocycles. The number of benzene rings is 2. The Labute approximate surface area is 132 Å². The van der Waals surface area contributed by atoms with E-state index >= 15 is 0 Å². The average molecular weight is 301 g/mol. The monoisotopic (exact) mass is 301 g/mol. The first-order chi connectivity index (χ1) is 10.6. The van der Waals surface area contributed by atoms with Crippen LogP contribution in [0.3, 0.4) is 0 Å². The van der Waals surface area contributed by atoms with Crippen molar-refractivity contribution < 1.29 is 9.13 Å². The van der Waals surface area contributed by atoms with Gasteiger partial charge in [0.15, 0.2) is 11.6 Å². The molecule has 2 aromatic carbocycles. The highest BCUT2D eigenvalue weighted by Crippen LogP contribution is 2.23. The highest BCUT2D eigenvalue weighted by Gasteiger charge is 2.10. The lowest BCUT2D eigenvalue weighted by atomic mass is 10.1. The first kappa shape index (κ1) is 16.5. The average Bonchev–Trinajstić information content (AvgIpc) is 2.50. The Balaban J connectivity index is 1.89. The number of halogens is 1. The molecule has 0 fully saturated rings. The Morgan fingerprint density at radius 1 is 1.05 bits per heavy atom. The second-order valence-corrected chi connectivity index (χ2v) is 5.77. The van der Waals surface area contributed by atoms with Crippen molar-refractivity contribution in [3.05, 3.63) is 65.5 Å². The van der Waals surface area contributed by atoms with E-state index in [0.717, 1.165) is 18.5 Å². The summed E-state index contributed by atoms with van der Waals surface area (Å²) < 4.78 is 19.4. The normalized spacial score (nSPS) is 12.4. The van der Waals surface area contributed by atoms with Gasteiger partial charge in [-0.3, -0.25) is 0 Å². The minimum atomic E-state index is -0.303. The molecule has 0 radical (unpaired) electrons. The molecule has 118 valence electrons. The third kappa shape index (κ3) is 4.85. The summed E-state index contributed by atoms with van der Waals surface area (Å²) in [5, 5.41) is 3.43. The van der Waals surface area contributed by atoms with Gasteiger partial charge in [-0.25, -0.2) is 4.39 Å². The molecule has 0 aliphatic carbocycles. The van der Waals surface area contributed by atoms with Crippen LogP contribution >= 0.6 is 0 Å². The highest BCUT2D eigenvalue weighted by molar-refractivity contribution is 5.31. The standard InChI is InChI=1S/C19H24FNO/c1-14(2)22-19-10-9-17(13-18(19)20)15(3)21-12-11-16-7-5-4-6-8-16/h4-10,13-15,21H,11-12H2,1-3H3/t15-/m1/s1. The summed E-state index contributed by atoms with van der Waals surface area (Å²) in [7, 11) is 0. The summed E-state index contributed by atoms with van der Waals surface area (Å²) in [6.07, 6.45) is 0.934. The van der Waals surface area contributed by atoms with Crippen LogP contribution in [0.15, 0.2) is 48.5 Å². The van der Waals surface area contributed by atoms with Gasteiger partial charge in [0, 0.05) is 6.04 Å². The lowest BCUT2D eigenvalue weighted by molar-refractivity contribution is 0.231. The Morgan fingerprint density at radius 3 is 2.41 bits per heavy atom. The maximum Gasteiger partial charge on any atom is 0.165 e. The Kier molecular flexibility index (Phi) is 5.96. The molecule has 2 nitrogen and oxygen atoms in total. The van der Waals surface area contributed by atoms with Gasteiger partial charge >= 0.3 is 0 Å². The molecule has 0 unspecified atom stereocenters. The summed E-state index contributed by atoms with van der Waals surface area (Å²) >= 11 is 0. The predicted octanol–water partition coefficient (Wildman–Crippen LogP) is 4.51. The highest BCUT2D eigenvalue weighted by atomic mass is 19.1. The van der Waals surface area contributed by atoms with Crippen LogP contribution in [0.4, 0.5) is 4.39 Å². The number of ether oxygens (including phenoxy) is 1. The van der Waals surface area contributed by atoms with Crippen LogP contribution in [0.1, 0.15) is 37.9 Å². The molecule has 0 aromatic heterocycles. The lowest BCUT2D eigenvalue weighted by Gasteiger charge is -2.16. The zero-order chi connectivity index (χ0) is 15.9. The fraction of sp³-hybridized carbons (Fsp3) is 0.368. The molecule has 0 amide bonds. The van der Waals surface area contributed by atoms with E-state index in [4.69, 9.17) is 4.74 Å². The molecule has 0 saturated heterocycles. The van der Waals surface area contributed by atoms with E-state index in [-0.39, 0.29) is 18.0 Å². The van der Waals surface area contributed by atoms with Crippen LogP contribution in [0.5, 0.6) is 5.75 Å². The number of hydrogen-bond donors (Lipinski definition) is 1. The van der Waals surface area contributed by atoms with Crippen molar-refractivity contribution in [2.24, 2.45) is 0 Å². The second kappa shape index (κ2) is 7.95. The zero-order valence-electron chi connectivity index (χ0n) is 13.5. The van der Waals surface area contributed by atoms with Gasteiger partial charge in [0.25, 0.3) is 0 Å². The fourth-order valence-electron chi connectivity index (χ4n) is 2.33. The number of nitrogens with one attached hydrogen (secondary N) is 1. The third-order valence-corrected chi connectivity index (χ3v) is 3.53. The van der Waals surface area contributed by atoms with Crippen LogP contribution in [0.2, 0.25) is 0 Å². The molecular formula is C19H24FNO. The Hall–Kier alpha value is -1.87. The second-order valence-electron chi connectivity index (χ2n) is 5.77. The van der Waals surface area contributed by atoms with E-state index in [9.17, 15) is 4.39 Å². The summed E-state index contributed by atoms with van der Waals surface area (Å²) in [6, 6.07) is 15.6. The first-order valence-corrected chi connectivity index (χ1v) is 7.79. The van der Waals surface area contributed by atoms with Gasteiger partial charge < -0.3 is 10.1 Å². The van der Waals surface area contributed by atoms with Crippen molar-refractivity contribution in [2.45, 2.75) is 39.3 Å². The molecule has 0 saturated carbocycles. The van der Waals surface area contributed by atoms with Crippen molar-refractivity contribution in [3.8, 4) is 5.75 Å². The first-order valence-electron chi connectivity index (χ1n) is 7.79. The van der Waals surface area contributed by atoms with Crippen molar-refractivity contribution in [3.63, 3.8) is 0 Å². The maximum atomic E-state index is 14.0. The molecule has 22 heavy (non-hydrogen) atoms. The molecule has 2 aromatic rings. The van der Waals surface area contributed by atoms with E-state index in [1.165, 1.54) is 5.56 Å². The van der Waals surface area contributed by atoms with Crippen molar-refractivity contribution >= 4 is 0 Å². The van der Waals surface area contributed by atoms with Crippen LogP contribution < -0.4 is 10.1 Å². The molecular weight excluding hydrogens is 277 g/mol. The molecule has 0 bridgehead atoms. The molecule has 2 rings (SSSR count). The summed E-state index contributed by atoms with van der Waals surface area (Å²) in [5.41, 5.74) is 2.23. The van der Waals surface area contributed by atoms with Crippen LogP contribution in [-0.2, 0) is 6.42 Å². The quantitative estimate of drug-likeness (QED) is 0.812. The Bertz CT molecular complexity index is 583. The maximum absolute atomic E-state index is 14.0.